The molecule has 84 valence electrons. The van der Waals surface area contributed by atoms with Crippen molar-refractivity contribution in [3.05, 3.63) is 0 Å². The van der Waals surface area contributed by atoms with E-state index in [-0.39, 0.29) is 12.0 Å². The zero-order chi connectivity index (χ0) is 10.4. The normalized spacial score (nSPS) is 19.7. The van der Waals surface area contributed by atoms with Crippen molar-refractivity contribution in [2.24, 2.45) is 5.41 Å². The molecule has 0 spiro atoms. The van der Waals surface area contributed by atoms with Gasteiger partial charge in [-0.1, -0.05) is 0 Å². The lowest BCUT2D eigenvalue weighted by Gasteiger charge is -2.40. The smallest absolute Gasteiger partial charge is 0.0579 e. The minimum atomic E-state index is 0.0120. The van der Waals surface area contributed by atoms with Crippen molar-refractivity contribution < 1.29 is 9.84 Å². The topological polar surface area (TPSA) is 44.7 Å². The van der Waals surface area contributed by atoms with Gasteiger partial charge in [0.05, 0.1) is 25.2 Å². The molecule has 0 atom stereocenters. The Labute approximate surface area is 86.2 Å². The summed E-state index contributed by atoms with van der Waals surface area (Å²) >= 11 is 0. The highest BCUT2D eigenvalue weighted by atomic mass is 16.5. The van der Waals surface area contributed by atoms with E-state index in [1.54, 1.807) is 0 Å². The van der Waals surface area contributed by atoms with E-state index in [0.29, 0.717) is 13.2 Å². The number of hydrogen-bond donors (Lipinski definition) is 2. The van der Waals surface area contributed by atoms with Crippen LogP contribution in [0.3, 0.4) is 0 Å². The summed E-state index contributed by atoms with van der Waals surface area (Å²) in [5.74, 6) is 0. The maximum atomic E-state index is 9.15. The zero-order valence-corrected chi connectivity index (χ0v) is 9.25. The van der Waals surface area contributed by atoms with Crippen LogP contribution < -0.4 is 5.32 Å². The number of hydrogen-bond acceptors (Lipinski definition) is 4. The van der Waals surface area contributed by atoms with Crippen LogP contribution in [0.2, 0.25) is 0 Å². The van der Waals surface area contributed by atoms with Gasteiger partial charge < -0.3 is 20.1 Å². The second kappa shape index (κ2) is 5.66. The monoisotopic (exact) mass is 202 g/mol. The molecule has 0 radical (unpaired) electrons. The molecule has 1 aliphatic heterocycles. The summed E-state index contributed by atoms with van der Waals surface area (Å²) in [5, 5.41) is 12.5. The number of rotatable bonds is 7. The van der Waals surface area contributed by atoms with Gasteiger partial charge in [0.2, 0.25) is 0 Å². The van der Waals surface area contributed by atoms with Crippen LogP contribution in [0.5, 0.6) is 0 Å². The Morgan fingerprint density at radius 2 is 2.14 bits per heavy atom. The van der Waals surface area contributed by atoms with Crippen molar-refractivity contribution in [2.75, 3.05) is 53.6 Å². The Kier molecular flexibility index (Phi) is 4.81. The fraction of sp³-hybridized carbons (Fsp3) is 1.00. The van der Waals surface area contributed by atoms with Crippen LogP contribution in [0.1, 0.15) is 6.42 Å². The molecule has 0 aliphatic carbocycles. The molecule has 0 aromatic rings. The molecule has 1 rings (SSSR count). The second-order valence-corrected chi connectivity index (χ2v) is 4.48. The average Bonchev–Trinajstić information content (AvgIpc) is 2.08. The van der Waals surface area contributed by atoms with E-state index in [1.165, 1.54) is 0 Å². The van der Waals surface area contributed by atoms with Crippen LogP contribution in [0, 0.1) is 5.41 Å². The van der Waals surface area contributed by atoms with Crippen LogP contribution in [0.25, 0.3) is 0 Å². The van der Waals surface area contributed by atoms with Crippen molar-refractivity contribution in [2.45, 2.75) is 6.42 Å². The predicted molar refractivity (Wildman–Crippen MR) is 56.4 cm³/mol. The molecule has 1 aliphatic rings. The van der Waals surface area contributed by atoms with Crippen molar-refractivity contribution >= 4 is 0 Å². The third kappa shape index (κ3) is 3.53. The van der Waals surface area contributed by atoms with Gasteiger partial charge in [-0.25, -0.2) is 0 Å². The molecule has 0 bridgehead atoms. The fourth-order valence-corrected chi connectivity index (χ4v) is 1.51. The van der Waals surface area contributed by atoms with E-state index < -0.39 is 0 Å². The molecule has 0 aromatic carbocycles. The zero-order valence-electron chi connectivity index (χ0n) is 9.25. The van der Waals surface area contributed by atoms with Gasteiger partial charge in [-0.05, 0) is 33.6 Å². The Balaban J connectivity index is 1.97. The standard InChI is InChI=1S/C10H22N2O2/c1-12(2)5-3-4-11-6-10(7-13)8-14-9-10/h11,13H,3-9H2,1-2H3. The molecule has 4 nitrogen and oxygen atoms in total. The lowest BCUT2D eigenvalue weighted by atomic mass is 9.87. The largest absolute Gasteiger partial charge is 0.396 e. The number of nitrogens with zero attached hydrogens (tertiary/aromatic N) is 1. The van der Waals surface area contributed by atoms with Crippen LogP contribution in [0.15, 0.2) is 0 Å². The Hall–Kier alpha value is -0.160. The first kappa shape index (κ1) is 11.9. The maximum absolute atomic E-state index is 9.15. The van der Waals surface area contributed by atoms with Crippen molar-refractivity contribution in [3.8, 4) is 0 Å². The van der Waals surface area contributed by atoms with E-state index >= 15 is 0 Å². The molecule has 2 N–H and O–H groups in total. The van der Waals surface area contributed by atoms with Crippen LogP contribution in [-0.2, 0) is 4.74 Å². The lowest BCUT2D eigenvalue weighted by molar-refractivity contribution is -0.134. The van der Waals surface area contributed by atoms with Crippen molar-refractivity contribution in [3.63, 3.8) is 0 Å². The quantitative estimate of drug-likeness (QED) is 0.548. The number of nitrogens with one attached hydrogen (secondary N) is 1. The van der Waals surface area contributed by atoms with E-state index in [2.05, 4.69) is 24.3 Å². The summed E-state index contributed by atoms with van der Waals surface area (Å²) in [6.45, 7) is 4.62. The molecule has 14 heavy (non-hydrogen) atoms. The molecule has 0 amide bonds. The molecule has 0 unspecified atom stereocenters. The summed E-state index contributed by atoms with van der Waals surface area (Å²) in [6, 6.07) is 0. The van der Waals surface area contributed by atoms with Gasteiger partial charge in [0.25, 0.3) is 0 Å². The molecule has 1 fully saturated rings. The van der Waals surface area contributed by atoms with Crippen LogP contribution in [-0.4, -0.2) is 63.6 Å². The third-order valence-corrected chi connectivity index (χ3v) is 2.61. The maximum Gasteiger partial charge on any atom is 0.0579 e. The molecule has 0 saturated carbocycles. The van der Waals surface area contributed by atoms with Crippen molar-refractivity contribution in [1.82, 2.24) is 10.2 Å². The number of ether oxygens (including phenoxy) is 1. The van der Waals surface area contributed by atoms with Crippen LogP contribution >= 0.6 is 0 Å². The molecule has 0 aromatic heterocycles. The van der Waals surface area contributed by atoms with Crippen LogP contribution in [0.4, 0.5) is 0 Å². The van der Waals surface area contributed by atoms with Gasteiger partial charge in [-0.3, -0.25) is 0 Å². The second-order valence-electron chi connectivity index (χ2n) is 4.48. The van der Waals surface area contributed by atoms with Gasteiger partial charge in [0.15, 0.2) is 0 Å². The van der Waals surface area contributed by atoms with E-state index in [0.717, 1.165) is 26.1 Å². The number of aliphatic hydroxyl groups is 1. The summed E-state index contributed by atoms with van der Waals surface area (Å²) in [6.07, 6.45) is 1.15. The molecule has 1 saturated heterocycles. The molecule has 4 heteroatoms. The predicted octanol–water partition coefficient (Wildman–Crippen LogP) is -0.463. The van der Waals surface area contributed by atoms with Gasteiger partial charge in [0, 0.05) is 6.54 Å². The highest BCUT2D eigenvalue weighted by Gasteiger charge is 2.37. The van der Waals surface area contributed by atoms with Crippen molar-refractivity contribution in [1.29, 1.82) is 0 Å². The molecule has 1 heterocycles. The minimum Gasteiger partial charge on any atom is -0.396 e. The van der Waals surface area contributed by atoms with Gasteiger partial charge in [-0.15, -0.1) is 0 Å². The summed E-state index contributed by atoms with van der Waals surface area (Å²) in [5.41, 5.74) is 0.0120. The number of aliphatic hydroxyl groups excluding tert-OH is 1. The van der Waals surface area contributed by atoms with Gasteiger partial charge in [-0.2, -0.15) is 0 Å². The fourth-order valence-electron chi connectivity index (χ4n) is 1.51. The Morgan fingerprint density at radius 1 is 1.43 bits per heavy atom. The lowest BCUT2D eigenvalue weighted by Crippen LogP contribution is -2.52. The van der Waals surface area contributed by atoms with E-state index in [4.69, 9.17) is 9.84 Å². The van der Waals surface area contributed by atoms with E-state index in [1.807, 2.05) is 0 Å². The highest BCUT2D eigenvalue weighted by Crippen LogP contribution is 2.25. The third-order valence-electron chi connectivity index (χ3n) is 2.61. The molecular formula is C10H22N2O2. The first-order valence-corrected chi connectivity index (χ1v) is 5.23. The minimum absolute atomic E-state index is 0.0120. The van der Waals surface area contributed by atoms with Gasteiger partial charge >= 0.3 is 0 Å². The summed E-state index contributed by atoms with van der Waals surface area (Å²) in [4.78, 5) is 2.18. The Morgan fingerprint density at radius 3 is 2.57 bits per heavy atom. The first-order chi connectivity index (χ1) is 6.68. The summed E-state index contributed by atoms with van der Waals surface area (Å²) in [7, 11) is 4.16. The van der Waals surface area contributed by atoms with Gasteiger partial charge in [0.1, 0.15) is 0 Å². The SMILES string of the molecule is CN(C)CCCNCC1(CO)COC1. The Bertz CT molecular complexity index is 153. The first-order valence-electron chi connectivity index (χ1n) is 5.23. The van der Waals surface area contributed by atoms with E-state index in [9.17, 15) is 0 Å². The summed E-state index contributed by atoms with van der Waals surface area (Å²) < 4.78 is 5.12. The highest BCUT2D eigenvalue weighted by molar-refractivity contribution is 4.86. The molecular weight excluding hydrogens is 180 g/mol. The average molecular weight is 202 g/mol.